The van der Waals surface area contributed by atoms with Crippen LogP contribution in [0.2, 0.25) is 0 Å². The van der Waals surface area contributed by atoms with Crippen LogP contribution in [0.3, 0.4) is 0 Å². The van der Waals surface area contributed by atoms with Gasteiger partial charge in [-0.05, 0) is 31.5 Å². The van der Waals surface area contributed by atoms with Gasteiger partial charge in [-0.15, -0.1) is 0 Å². The number of methoxy groups -OCH3 is 1. The van der Waals surface area contributed by atoms with E-state index in [4.69, 9.17) is 14.7 Å². The molecule has 1 aromatic carbocycles. The number of ether oxygens (including phenoxy) is 2. The fourth-order valence-electron chi connectivity index (χ4n) is 3.21. The Bertz CT molecular complexity index is 1020. The first-order chi connectivity index (χ1) is 13.5. The van der Waals surface area contributed by atoms with E-state index >= 15 is 0 Å². The van der Waals surface area contributed by atoms with E-state index in [1.165, 1.54) is 4.68 Å². The number of nitrogens with zero attached hydrogens (tertiary/aromatic N) is 4. The Morgan fingerprint density at radius 1 is 1.32 bits per heavy atom. The molecule has 1 unspecified atom stereocenters. The average molecular weight is 377 g/mol. The first-order valence-corrected chi connectivity index (χ1v) is 8.73. The lowest BCUT2D eigenvalue weighted by Crippen LogP contribution is -2.28. The maximum Gasteiger partial charge on any atom is 0.338 e. The summed E-state index contributed by atoms with van der Waals surface area (Å²) in [5.41, 5.74) is 2.41. The molecule has 2 heterocycles. The van der Waals surface area contributed by atoms with Crippen LogP contribution in [-0.4, -0.2) is 29.5 Å². The van der Waals surface area contributed by atoms with Gasteiger partial charge >= 0.3 is 5.97 Å². The second kappa shape index (κ2) is 7.85. The van der Waals surface area contributed by atoms with E-state index in [0.717, 1.165) is 5.56 Å². The summed E-state index contributed by atoms with van der Waals surface area (Å²) in [6.07, 6.45) is -0.000203. The Kier molecular flexibility index (Phi) is 5.32. The predicted molar refractivity (Wildman–Crippen MR) is 101 cm³/mol. The molecule has 8 nitrogen and oxygen atoms in total. The Morgan fingerprint density at radius 3 is 2.61 bits per heavy atom. The van der Waals surface area contributed by atoms with Crippen LogP contribution in [0.4, 0.5) is 5.82 Å². The van der Waals surface area contributed by atoms with Crippen LogP contribution in [-0.2, 0) is 16.0 Å². The van der Waals surface area contributed by atoms with Crippen molar-refractivity contribution in [2.75, 3.05) is 19.0 Å². The topological polar surface area (TPSA) is 113 Å². The summed E-state index contributed by atoms with van der Waals surface area (Å²) >= 11 is 0. The Morgan fingerprint density at radius 2 is 2.04 bits per heavy atom. The zero-order valence-corrected chi connectivity index (χ0v) is 15.8. The molecule has 2 aromatic rings. The summed E-state index contributed by atoms with van der Waals surface area (Å²) in [7, 11) is 1.58. The number of benzene rings is 1. The van der Waals surface area contributed by atoms with Gasteiger partial charge in [0.05, 0.1) is 49.2 Å². The molecule has 0 radical (unpaired) electrons. The summed E-state index contributed by atoms with van der Waals surface area (Å²) in [6, 6.07) is 10.9. The highest BCUT2D eigenvalue weighted by molar-refractivity contribution is 5.98. The average Bonchev–Trinajstić information content (AvgIpc) is 3.06. The minimum absolute atomic E-state index is 0.000203. The molecular formula is C20H19N5O3. The van der Waals surface area contributed by atoms with Crippen molar-refractivity contribution >= 4 is 17.5 Å². The number of aromatic nitrogens is 2. The van der Waals surface area contributed by atoms with E-state index in [-0.39, 0.29) is 13.0 Å². The van der Waals surface area contributed by atoms with E-state index < -0.39 is 12.0 Å². The third-order valence-corrected chi connectivity index (χ3v) is 4.54. The normalized spacial score (nSPS) is 15.1. The van der Waals surface area contributed by atoms with E-state index in [2.05, 4.69) is 16.5 Å². The molecular weight excluding hydrogens is 358 g/mol. The van der Waals surface area contributed by atoms with Gasteiger partial charge in [0.25, 0.3) is 0 Å². The van der Waals surface area contributed by atoms with Gasteiger partial charge in [0, 0.05) is 0 Å². The monoisotopic (exact) mass is 377 g/mol. The van der Waals surface area contributed by atoms with Crippen LogP contribution >= 0.6 is 0 Å². The number of allylic oxidation sites excluding steroid dienone is 1. The molecule has 142 valence electrons. The lowest BCUT2D eigenvalue weighted by Gasteiger charge is -2.29. The highest BCUT2D eigenvalue weighted by Gasteiger charge is 2.35. The zero-order valence-electron chi connectivity index (χ0n) is 15.8. The quantitative estimate of drug-likeness (QED) is 0.797. The summed E-state index contributed by atoms with van der Waals surface area (Å²) < 4.78 is 12.0. The molecule has 1 aliphatic heterocycles. The molecule has 1 aliphatic rings. The second-order valence-electron chi connectivity index (χ2n) is 6.10. The summed E-state index contributed by atoms with van der Waals surface area (Å²) in [6.45, 7) is 3.72. The van der Waals surface area contributed by atoms with Crippen molar-refractivity contribution in [2.24, 2.45) is 0 Å². The summed E-state index contributed by atoms with van der Waals surface area (Å²) in [5, 5.41) is 26.2. The molecule has 1 N–H and O–H groups in total. The minimum Gasteiger partial charge on any atom is -0.497 e. The van der Waals surface area contributed by atoms with Gasteiger partial charge in [0.1, 0.15) is 23.2 Å². The fourth-order valence-corrected chi connectivity index (χ4v) is 3.21. The first-order valence-electron chi connectivity index (χ1n) is 8.73. The number of carbonyl (C=O) groups excluding carboxylic acids is 1. The van der Waals surface area contributed by atoms with Crippen LogP contribution < -0.4 is 10.1 Å². The van der Waals surface area contributed by atoms with Gasteiger partial charge in [0.15, 0.2) is 0 Å². The molecule has 0 spiro atoms. The third kappa shape index (κ3) is 3.17. The highest BCUT2D eigenvalue weighted by atomic mass is 16.5. The zero-order chi connectivity index (χ0) is 20.3. The van der Waals surface area contributed by atoms with E-state index in [0.29, 0.717) is 34.1 Å². The van der Waals surface area contributed by atoms with Crippen molar-refractivity contribution in [1.29, 1.82) is 10.5 Å². The van der Waals surface area contributed by atoms with E-state index in [1.54, 1.807) is 33.1 Å². The van der Waals surface area contributed by atoms with Gasteiger partial charge in [0.2, 0.25) is 0 Å². The summed E-state index contributed by atoms with van der Waals surface area (Å²) in [4.78, 5) is 12.7. The number of rotatable bonds is 5. The smallest absolute Gasteiger partial charge is 0.338 e. The maximum absolute atomic E-state index is 12.7. The van der Waals surface area contributed by atoms with Gasteiger partial charge in [-0.1, -0.05) is 12.1 Å². The van der Waals surface area contributed by atoms with Crippen LogP contribution in [0.15, 0.2) is 29.8 Å². The van der Waals surface area contributed by atoms with E-state index in [9.17, 15) is 10.1 Å². The number of carbonyl (C=O) groups is 1. The SMILES string of the molecule is CCOC(=O)C1=C(C)n2nc(CC#N)c(C#N)c2NC1c1ccc(OC)cc1. The summed E-state index contributed by atoms with van der Waals surface area (Å²) in [5.74, 6) is 0.686. The highest BCUT2D eigenvalue weighted by Crippen LogP contribution is 2.39. The molecule has 1 aromatic heterocycles. The number of fused-ring (bicyclic) bond motifs is 1. The van der Waals surface area contributed by atoms with Crippen LogP contribution in [0.1, 0.15) is 36.7 Å². The van der Waals surface area contributed by atoms with Gasteiger partial charge < -0.3 is 14.8 Å². The number of anilines is 1. The molecule has 0 amide bonds. The Balaban J connectivity index is 2.18. The molecule has 8 heteroatoms. The molecule has 0 bridgehead atoms. The maximum atomic E-state index is 12.7. The lowest BCUT2D eigenvalue weighted by atomic mass is 9.95. The number of hydrogen-bond acceptors (Lipinski definition) is 7. The Labute approximate surface area is 162 Å². The first kappa shape index (κ1) is 19.0. The Hall–Kier alpha value is -3.78. The molecule has 1 atom stereocenters. The molecule has 28 heavy (non-hydrogen) atoms. The lowest BCUT2D eigenvalue weighted by molar-refractivity contribution is -0.138. The minimum atomic E-state index is -0.531. The van der Waals surface area contributed by atoms with Crippen molar-refractivity contribution in [3.63, 3.8) is 0 Å². The van der Waals surface area contributed by atoms with E-state index in [1.807, 2.05) is 18.2 Å². The number of nitriles is 2. The largest absolute Gasteiger partial charge is 0.497 e. The number of hydrogen-bond donors (Lipinski definition) is 1. The van der Waals surface area contributed by atoms with Crippen molar-refractivity contribution in [3.05, 3.63) is 46.7 Å². The van der Waals surface area contributed by atoms with Crippen LogP contribution in [0.5, 0.6) is 5.75 Å². The van der Waals surface area contributed by atoms with Gasteiger partial charge in [-0.3, -0.25) is 0 Å². The standard InChI is InChI=1S/C20H19N5O3/c1-4-28-20(26)17-12(2)25-19(15(11-22)16(24-25)9-10-21)23-18(17)13-5-7-14(27-3)8-6-13/h5-8,18,23H,4,9H2,1-3H3. The van der Waals surface area contributed by atoms with Crippen molar-refractivity contribution in [3.8, 4) is 17.9 Å². The van der Waals surface area contributed by atoms with Crippen LogP contribution in [0, 0.1) is 22.7 Å². The molecule has 0 aliphatic carbocycles. The second-order valence-corrected chi connectivity index (χ2v) is 6.10. The molecule has 0 saturated carbocycles. The van der Waals surface area contributed by atoms with Gasteiger partial charge in [-0.25, -0.2) is 9.48 Å². The molecule has 0 saturated heterocycles. The van der Waals surface area contributed by atoms with Crippen LogP contribution in [0.25, 0.3) is 5.70 Å². The number of nitrogens with one attached hydrogen (secondary N) is 1. The predicted octanol–water partition coefficient (Wildman–Crippen LogP) is 2.79. The third-order valence-electron chi connectivity index (χ3n) is 4.54. The molecule has 0 fully saturated rings. The van der Waals surface area contributed by atoms with Crippen molar-refractivity contribution in [1.82, 2.24) is 9.78 Å². The number of esters is 1. The van der Waals surface area contributed by atoms with Crippen molar-refractivity contribution < 1.29 is 14.3 Å². The van der Waals surface area contributed by atoms with Gasteiger partial charge in [-0.2, -0.15) is 15.6 Å². The fraction of sp³-hybridized carbons (Fsp3) is 0.300. The molecule has 3 rings (SSSR count). The van der Waals surface area contributed by atoms with Crippen molar-refractivity contribution in [2.45, 2.75) is 26.3 Å².